The van der Waals surface area contributed by atoms with Crippen molar-refractivity contribution in [3.05, 3.63) is 54.2 Å². The summed E-state index contributed by atoms with van der Waals surface area (Å²) in [6.45, 7) is 6.63. The first-order valence-electron chi connectivity index (χ1n) is 5.50. The Balaban J connectivity index is 2.45. The second-order valence-electron chi connectivity index (χ2n) is 4.97. The second-order valence-corrected chi connectivity index (χ2v) is 4.97. The van der Waals surface area contributed by atoms with Crippen LogP contribution in [-0.4, -0.2) is 4.98 Å². The van der Waals surface area contributed by atoms with E-state index in [-0.39, 0.29) is 5.41 Å². The number of hydrogen-bond donors (Lipinski definition) is 0. The van der Waals surface area contributed by atoms with Crippen LogP contribution in [0.2, 0.25) is 0 Å². The Morgan fingerprint density at radius 3 is 2.62 bits per heavy atom. The van der Waals surface area contributed by atoms with Crippen LogP contribution in [0.4, 0.5) is 0 Å². The Bertz CT molecular complexity index is 466. The molecule has 0 atom stereocenters. The lowest BCUT2D eigenvalue weighted by atomic mass is 9.87. The number of pyridine rings is 1. The summed E-state index contributed by atoms with van der Waals surface area (Å²) >= 11 is 0. The van der Waals surface area contributed by atoms with E-state index in [1.165, 1.54) is 5.56 Å². The van der Waals surface area contributed by atoms with E-state index >= 15 is 0 Å². The minimum atomic E-state index is 0.163. The van der Waals surface area contributed by atoms with Gasteiger partial charge in [-0.1, -0.05) is 39.0 Å². The molecule has 0 N–H and O–H groups in total. The molecular formula is C15H16N. The van der Waals surface area contributed by atoms with Gasteiger partial charge in [-0.2, -0.15) is 0 Å². The van der Waals surface area contributed by atoms with Crippen molar-refractivity contribution in [2.24, 2.45) is 0 Å². The molecule has 0 aliphatic rings. The second kappa shape index (κ2) is 4.09. The molecule has 16 heavy (non-hydrogen) atoms. The number of hydrogen-bond acceptors (Lipinski definition) is 1. The van der Waals surface area contributed by atoms with Crippen LogP contribution < -0.4 is 0 Å². The zero-order valence-electron chi connectivity index (χ0n) is 9.99. The van der Waals surface area contributed by atoms with Gasteiger partial charge in [0.05, 0.1) is 5.69 Å². The van der Waals surface area contributed by atoms with Crippen molar-refractivity contribution in [3.63, 3.8) is 0 Å². The summed E-state index contributed by atoms with van der Waals surface area (Å²) in [7, 11) is 0. The van der Waals surface area contributed by atoms with Crippen LogP contribution in [0, 0.1) is 6.07 Å². The zero-order chi connectivity index (χ0) is 11.6. The highest BCUT2D eigenvalue weighted by molar-refractivity contribution is 5.59. The third-order valence-corrected chi connectivity index (χ3v) is 2.63. The van der Waals surface area contributed by atoms with E-state index in [2.05, 4.69) is 50.0 Å². The van der Waals surface area contributed by atoms with Crippen molar-refractivity contribution in [1.82, 2.24) is 4.98 Å². The van der Waals surface area contributed by atoms with Gasteiger partial charge in [-0.3, -0.25) is 4.98 Å². The Kier molecular flexibility index (Phi) is 2.78. The molecule has 1 heterocycles. The third kappa shape index (κ3) is 2.30. The fraction of sp³-hybridized carbons (Fsp3) is 0.267. The summed E-state index contributed by atoms with van der Waals surface area (Å²) in [5.41, 5.74) is 3.61. The summed E-state index contributed by atoms with van der Waals surface area (Å²) in [6.07, 6.45) is 1.88. The quantitative estimate of drug-likeness (QED) is 0.696. The number of benzene rings is 1. The molecule has 0 saturated heterocycles. The van der Waals surface area contributed by atoms with Crippen LogP contribution in [-0.2, 0) is 5.41 Å². The summed E-state index contributed by atoms with van der Waals surface area (Å²) < 4.78 is 0. The van der Waals surface area contributed by atoms with Gasteiger partial charge in [0, 0.05) is 11.8 Å². The van der Waals surface area contributed by atoms with Crippen LogP contribution >= 0.6 is 0 Å². The van der Waals surface area contributed by atoms with Crippen molar-refractivity contribution in [3.8, 4) is 11.3 Å². The molecule has 0 saturated carbocycles. The van der Waals surface area contributed by atoms with E-state index in [0.717, 1.165) is 11.3 Å². The summed E-state index contributed by atoms with van der Waals surface area (Å²) in [6, 6.07) is 15.2. The highest BCUT2D eigenvalue weighted by atomic mass is 14.7. The number of nitrogens with zero attached hydrogens (tertiary/aromatic N) is 1. The Morgan fingerprint density at radius 2 is 2.00 bits per heavy atom. The lowest BCUT2D eigenvalue weighted by Crippen LogP contribution is -2.11. The zero-order valence-corrected chi connectivity index (χ0v) is 9.99. The number of rotatable bonds is 1. The molecule has 1 aromatic heterocycles. The lowest BCUT2D eigenvalue weighted by molar-refractivity contribution is 0.589. The summed E-state index contributed by atoms with van der Waals surface area (Å²) in [5.74, 6) is 0. The first-order chi connectivity index (χ1) is 7.57. The largest absolute Gasteiger partial charge is 0.256 e. The molecular weight excluding hydrogens is 194 g/mol. The highest BCUT2D eigenvalue weighted by Gasteiger charge is 2.14. The molecule has 81 valence electrons. The maximum Gasteiger partial charge on any atom is 0.0705 e. The van der Waals surface area contributed by atoms with Gasteiger partial charge >= 0.3 is 0 Å². The van der Waals surface area contributed by atoms with Gasteiger partial charge in [0.25, 0.3) is 0 Å². The molecule has 0 fully saturated rings. The first-order valence-corrected chi connectivity index (χ1v) is 5.50. The predicted octanol–water partition coefficient (Wildman–Crippen LogP) is 3.85. The average Bonchev–Trinajstić information content (AvgIpc) is 2.29. The standard InChI is InChI=1S/C15H16N/c1-15(2,3)13-9-10-16-14(11-13)12-7-5-4-6-8-12/h4-5,7-11H,1-3H3. The van der Waals surface area contributed by atoms with Gasteiger partial charge in [-0.25, -0.2) is 0 Å². The minimum absolute atomic E-state index is 0.163. The van der Waals surface area contributed by atoms with Crippen LogP contribution in [0.1, 0.15) is 26.3 Å². The van der Waals surface area contributed by atoms with E-state index in [4.69, 9.17) is 0 Å². The van der Waals surface area contributed by atoms with Gasteiger partial charge < -0.3 is 0 Å². The predicted molar refractivity (Wildman–Crippen MR) is 67.2 cm³/mol. The van der Waals surface area contributed by atoms with Crippen LogP contribution in [0.3, 0.4) is 0 Å². The maximum absolute atomic E-state index is 4.40. The van der Waals surface area contributed by atoms with E-state index < -0.39 is 0 Å². The van der Waals surface area contributed by atoms with Gasteiger partial charge in [0.2, 0.25) is 0 Å². The average molecular weight is 210 g/mol. The molecule has 1 heteroatoms. The van der Waals surface area contributed by atoms with Crippen LogP contribution in [0.15, 0.2) is 42.6 Å². The highest BCUT2D eigenvalue weighted by Crippen LogP contribution is 2.25. The van der Waals surface area contributed by atoms with Crippen molar-refractivity contribution in [2.45, 2.75) is 26.2 Å². The maximum atomic E-state index is 4.40. The first kappa shape index (κ1) is 10.9. The molecule has 0 amide bonds. The molecule has 2 rings (SSSR count). The van der Waals surface area contributed by atoms with Crippen molar-refractivity contribution in [2.75, 3.05) is 0 Å². The smallest absolute Gasteiger partial charge is 0.0705 e. The Labute approximate surface area is 97.2 Å². The van der Waals surface area contributed by atoms with E-state index in [1.54, 1.807) is 0 Å². The van der Waals surface area contributed by atoms with Crippen molar-refractivity contribution >= 4 is 0 Å². The van der Waals surface area contributed by atoms with E-state index in [1.807, 2.05) is 24.4 Å². The fourth-order valence-corrected chi connectivity index (χ4v) is 1.61. The fourth-order valence-electron chi connectivity index (χ4n) is 1.61. The molecule has 0 aliphatic heterocycles. The molecule has 0 unspecified atom stereocenters. The monoisotopic (exact) mass is 210 g/mol. The molecule has 0 spiro atoms. The van der Waals surface area contributed by atoms with E-state index in [9.17, 15) is 0 Å². The van der Waals surface area contributed by atoms with Gasteiger partial charge in [-0.15, -0.1) is 0 Å². The van der Waals surface area contributed by atoms with Crippen LogP contribution in [0.5, 0.6) is 0 Å². The van der Waals surface area contributed by atoms with Crippen molar-refractivity contribution < 1.29 is 0 Å². The molecule has 1 aromatic carbocycles. The molecule has 2 aromatic rings. The lowest BCUT2D eigenvalue weighted by Gasteiger charge is -2.19. The minimum Gasteiger partial charge on any atom is -0.256 e. The van der Waals surface area contributed by atoms with Crippen molar-refractivity contribution in [1.29, 1.82) is 0 Å². The normalized spacial score (nSPS) is 11.4. The summed E-state index contributed by atoms with van der Waals surface area (Å²) in [4.78, 5) is 4.40. The van der Waals surface area contributed by atoms with Gasteiger partial charge in [-0.05, 0) is 35.2 Å². The topological polar surface area (TPSA) is 12.9 Å². The van der Waals surface area contributed by atoms with Gasteiger partial charge in [0.1, 0.15) is 0 Å². The molecule has 1 nitrogen and oxygen atoms in total. The van der Waals surface area contributed by atoms with Gasteiger partial charge in [0.15, 0.2) is 0 Å². The Hall–Kier alpha value is -1.63. The number of aromatic nitrogens is 1. The molecule has 0 bridgehead atoms. The van der Waals surface area contributed by atoms with Crippen LogP contribution in [0.25, 0.3) is 11.3 Å². The SMILES string of the molecule is CC(C)(C)c1ccnc(-c2c[c]ccc2)c1. The van der Waals surface area contributed by atoms with E-state index in [0.29, 0.717) is 0 Å². The molecule has 1 radical (unpaired) electrons. The Morgan fingerprint density at radius 1 is 1.19 bits per heavy atom. The third-order valence-electron chi connectivity index (χ3n) is 2.63. The summed E-state index contributed by atoms with van der Waals surface area (Å²) in [5, 5.41) is 0. The molecule has 0 aliphatic carbocycles.